The van der Waals surface area contributed by atoms with Crippen molar-refractivity contribution in [3.63, 3.8) is 0 Å². The summed E-state index contributed by atoms with van der Waals surface area (Å²) in [5.41, 5.74) is 0. The molecular formula is C12H10NO4S. The summed E-state index contributed by atoms with van der Waals surface area (Å²) >= 11 is 0. The highest BCUT2D eigenvalue weighted by Gasteiger charge is 2.16. The molecule has 0 fully saturated rings. The van der Waals surface area contributed by atoms with E-state index < -0.39 is 16.8 Å². The van der Waals surface area contributed by atoms with Crippen molar-refractivity contribution in [2.24, 2.45) is 0 Å². The second kappa shape index (κ2) is 5.16. The number of benzene rings is 2. The number of hydrogen-bond acceptors (Lipinski definition) is 4. The topological polar surface area (TPSA) is 72.5 Å². The molecule has 6 heteroatoms. The Morgan fingerprint density at radius 3 is 2.61 bits per heavy atom. The number of fused-ring (bicyclic) bond motifs is 1. The second-order valence-electron chi connectivity index (χ2n) is 3.50. The van der Waals surface area contributed by atoms with Crippen LogP contribution in [-0.4, -0.2) is 21.6 Å². The largest absolute Gasteiger partial charge is 0.440 e. The first kappa shape index (κ1) is 12.5. The van der Waals surface area contributed by atoms with Crippen LogP contribution in [0.3, 0.4) is 0 Å². The molecule has 0 atom stereocenters. The van der Waals surface area contributed by atoms with E-state index in [1.165, 1.54) is 6.07 Å². The summed E-state index contributed by atoms with van der Waals surface area (Å²) in [6.07, 6.45) is 0. The van der Waals surface area contributed by atoms with Crippen LogP contribution in [-0.2, 0) is 19.6 Å². The zero-order valence-corrected chi connectivity index (χ0v) is 10.1. The van der Waals surface area contributed by atoms with Gasteiger partial charge in [-0.25, -0.2) is 13.2 Å². The Hall–Kier alpha value is -1.92. The molecule has 1 N–H and O–H groups in total. The van der Waals surface area contributed by atoms with Gasteiger partial charge in [0.15, 0.2) is 6.73 Å². The fraction of sp³-hybridized carbons (Fsp3) is 0.0833. The SMILES string of the molecule is O=[C]OCNS(=O)(=O)c1cccc2ccccc12. The molecule has 2 aromatic carbocycles. The highest BCUT2D eigenvalue weighted by Crippen LogP contribution is 2.22. The Balaban J connectivity index is 2.44. The molecule has 18 heavy (non-hydrogen) atoms. The van der Waals surface area contributed by atoms with Gasteiger partial charge in [0.2, 0.25) is 10.0 Å². The fourth-order valence-corrected chi connectivity index (χ4v) is 2.75. The van der Waals surface area contributed by atoms with Gasteiger partial charge in [-0.15, -0.1) is 0 Å². The molecule has 0 bridgehead atoms. The van der Waals surface area contributed by atoms with Crippen molar-refractivity contribution in [2.45, 2.75) is 4.90 Å². The van der Waals surface area contributed by atoms with Crippen LogP contribution in [0.5, 0.6) is 0 Å². The summed E-state index contributed by atoms with van der Waals surface area (Å²) in [6.45, 7) is 0.717. The first-order valence-corrected chi connectivity index (χ1v) is 6.60. The molecule has 0 aromatic heterocycles. The average Bonchev–Trinajstić information content (AvgIpc) is 2.38. The van der Waals surface area contributed by atoms with Gasteiger partial charge in [-0.2, -0.15) is 4.72 Å². The molecule has 0 saturated carbocycles. The molecule has 0 spiro atoms. The zero-order valence-electron chi connectivity index (χ0n) is 9.29. The number of sulfonamides is 1. The molecule has 93 valence electrons. The van der Waals surface area contributed by atoms with Crippen LogP contribution in [0, 0.1) is 0 Å². The van der Waals surface area contributed by atoms with E-state index in [0.717, 1.165) is 11.9 Å². The minimum Gasteiger partial charge on any atom is -0.440 e. The molecule has 0 amide bonds. The first-order valence-electron chi connectivity index (χ1n) is 5.11. The summed E-state index contributed by atoms with van der Waals surface area (Å²) in [5, 5.41) is 1.44. The highest BCUT2D eigenvalue weighted by molar-refractivity contribution is 7.89. The third kappa shape index (κ3) is 2.49. The van der Waals surface area contributed by atoms with Crippen LogP contribution in [0.4, 0.5) is 0 Å². The second-order valence-corrected chi connectivity index (χ2v) is 5.23. The van der Waals surface area contributed by atoms with E-state index in [0.29, 0.717) is 5.39 Å². The average molecular weight is 264 g/mol. The van der Waals surface area contributed by atoms with E-state index in [2.05, 4.69) is 9.46 Å². The lowest BCUT2D eigenvalue weighted by molar-refractivity contribution is 0.273. The lowest BCUT2D eigenvalue weighted by Crippen LogP contribution is -2.26. The number of ether oxygens (including phenoxy) is 1. The lowest BCUT2D eigenvalue weighted by atomic mass is 10.1. The van der Waals surface area contributed by atoms with Gasteiger partial charge in [0, 0.05) is 5.39 Å². The molecule has 2 aromatic rings. The minimum absolute atomic E-state index is 0.148. The van der Waals surface area contributed by atoms with E-state index >= 15 is 0 Å². The Morgan fingerprint density at radius 2 is 1.83 bits per heavy atom. The fourth-order valence-electron chi connectivity index (χ4n) is 1.64. The van der Waals surface area contributed by atoms with Gasteiger partial charge in [-0.1, -0.05) is 36.4 Å². The van der Waals surface area contributed by atoms with Gasteiger partial charge < -0.3 is 4.74 Å². The Bertz CT molecular complexity index is 661. The highest BCUT2D eigenvalue weighted by atomic mass is 32.2. The number of nitrogens with one attached hydrogen (secondary N) is 1. The summed E-state index contributed by atoms with van der Waals surface area (Å²) < 4.78 is 30.4. The Kier molecular flexibility index (Phi) is 3.59. The number of carbonyl (C=O) groups excluding carboxylic acids is 1. The maximum atomic E-state index is 12.0. The van der Waals surface area contributed by atoms with Crippen LogP contribution < -0.4 is 4.72 Å². The molecule has 2 rings (SSSR count). The van der Waals surface area contributed by atoms with Gasteiger partial charge in [0.05, 0.1) is 4.90 Å². The van der Waals surface area contributed by atoms with Crippen molar-refractivity contribution in [3.05, 3.63) is 42.5 Å². The quantitative estimate of drug-likeness (QED) is 0.649. The van der Waals surface area contributed by atoms with Gasteiger partial charge in [0.1, 0.15) is 0 Å². The maximum absolute atomic E-state index is 12.0. The lowest BCUT2D eigenvalue weighted by Gasteiger charge is -2.08. The van der Waals surface area contributed by atoms with E-state index in [1.54, 1.807) is 18.2 Å². The predicted octanol–water partition coefficient (Wildman–Crippen LogP) is 1.16. The van der Waals surface area contributed by atoms with Crippen LogP contribution in [0.1, 0.15) is 0 Å². The van der Waals surface area contributed by atoms with Crippen molar-refractivity contribution in [3.8, 4) is 0 Å². The maximum Gasteiger partial charge on any atom is 0.418 e. The summed E-state index contributed by atoms with van der Waals surface area (Å²) in [6, 6.07) is 12.1. The molecule has 1 radical (unpaired) electrons. The summed E-state index contributed by atoms with van der Waals surface area (Å²) in [7, 11) is -3.71. The third-order valence-electron chi connectivity index (χ3n) is 2.42. The molecule has 0 aliphatic rings. The van der Waals surface area contributed by atoms with Gasteiger partial charge >= 0.3 is 6.47 Å². The molecule has 0 aliphatic carbocycles. The molecule has 0 saturated heterocycles. The van der Waals surface area contributed by atoms with Crippen molar-refractivity contribution >= 4 is 27.3 Å². The summed E-state index contributed by atoms with van der Waals surface area (Å²) in [5.74, 6) is 0. The zero-order chi connectivity index (χ0) is 13.0. The van der Waals surface area contributed by atoms with Crippen LogP contribution in [0.2, 0.25) is 0 Å². The van der Waals surface area contributed by atoms with E-state index in [-0.39, 0.29) is 4.90 Å². The molecule has 5 nitrogen and oxygen atoms in total. The molecule has 0 aliphatic heterocycles. The van der Waals surface area contributed by atoms with E-state index in [4.69, 9.17) is 0 Å². The van der Waals surface area contributed by atoms with Gasteiger partial charge in [0.25, 0.3) is 0 Å². The Labute approximate surface area is 104 Å². The third-order valence-corrected chi connectivity index (χ3v) is 3.85. The van der Waals surface area contributed by atoms with Gasteiger partial charge in [-0.05, 0) is 11.5 Å². The monoisotopic (exact) mass is 264 g/mol. The first-order chi connectivity index (χ1) is 8.65. The smallest absolute Gasteiger partial charge is 0.418 e. The number of hydrogen-bond donors (Lipinski definition) is 1. The Morgan fingerprint density at radius 1 is 1.11 bits per heavy atom. The molecule has 0 unspecified atom stereocenters. The number of rotatable bonds is 5. The molecule has 0 heterocycles. The van der Waals surface area contributed by atoms with Crippen LogP contribution in [0.25, 0.3) is 10.8 Å². The van der Waals surface area contributed by atoms with Gasteiger partial charge in [-0.3, -0.25) is 0 Å². The van der Waals surface area contributed by atoms with E-state index in [1.807, 2.05) is 18.2 Å². The summed E-state index contributed by atoms with van der Waals surface area (Å²) in [4.78, 5) is 10.0. The molecular weight excluding hydrogens is 254 g/mol. The van der Waals surface area contributed by atoms with Crippen molar-refractivity contribution in [2.75, 3.05) is 6.73 Å². The minimum atomic E-state index is -3.71. The van der Waals surface area contributed by atoms with Crippen molar-refractivity contribution < 1.29 is 17.9 Å². The van der Waals surface area contributed by atoms with Crippen LogP contribution >= 0.6 is 0 Å². The predicted molar refractivity (Wildman–Crippen MR) is 65.9 cm³/mol. The normalized spacial score (nSPS) is 11.3. The van der Waals surface area contributed by atoms with Crippen LogP contribution in [0.15, 0.2) is 47.4 Å². The van der Waals surface area contributed by atoms with E-state index in [9.17, 15) is 13.2 Å². The van der Waals surface area contributed by atoms with Crippen molar-refractivity contribution in [1.82, 2.24) is 4.72 Å². The van der Waals surface area contributed by atoms with Crippen molar-refractivity contribution in [1.29, 1.82) is 0 Å². The standard InChI is InChI=1S/C12H10NO4S/c14-9-17-8-13-18(15,16)12-7-3-5-10-4-1-2-6-11(10)12/h1-7,13H,8H2.